The van der Waals surface area contributed by atoms with Gasteiger partial charge in [0.15, 0.2) is 0 Å². The van der Waals surface area contributed by atoms with Crippen molar-refractivity contribution in [1.82, 2.24) is 0 Å². The molecule has 8 heteroatoms. The number of carbonyl (C=O) groups is 1. The van der Waals surface area contributed by atoms with Gasteiger partial charge in [-0.15, -0.1) is 0 Å². The van der Waals surface area contributed by atoms with Crippen LogP contribution in [0.1, 0.15) is 11.1 Å². The number of carboxylic acid groups (broad SMARTS) is 2. The number of hydrogen-bond donors (Lipinski definition) is 4. The summed E-state index contributed by atoms with van der Waals surface area (Å²) in [5.41, 5.74) is 1.38. The SMILES string of the molecule is O=C(O)O.Oc1ccccc1/C=N/CC/N=C/c1ccccc1O.[Cr]. The predicted molar refractivity (Wildman–Crippen MR) is 91.8 cm³/mol. The van der Waals surface area contributed by atoms with Gasteiger partial charge in [-0.25, -0.2) is 4.79 Å². The van der Waals surface area contributed by atoms with E-state index in [2.05, 4.69) is 9.98 Å². The van der Waals surface area contributed by atoms with E-state index < -0.39 is 6.16 Å². The molecule has 0 amide bonds. The largest absolute Gasteiger partial charge is 0.507 e. The van der Waals surface area contributed by atoms with Gasteiger partial charge < -0.3 is 20.4 Å². The molecule has 2 aromatic carbocycles. The van der Waals surface area contributed by atoms with Crippen LogP contribution in [0, 0.1) is 0 Å². The molecule has 0 spiro atoms. The minimum absolute atomic E-state index is 0. The average molecular weight is 382 g/mol. The van der Waals surface area contributed by atoms with Gasteiger partial charge in [0.2, 0.25) is 0 Å². The molecule has 0 aliphatic heterocycles. The van der Waals surface area contributed by atoms with Gasteiger partial charge in [-0.05, 0) is 24.3 Å². The van der Waals surface area contributed by atoms with E-state index in [-0.39, 0.29) is 28.9 Å². The summed E-state index contributed by atoms with van der Waals surface area (Å²) in [4.78, 5) is 16.9. The van der Waals surface area contributed by atoms with Crippen LogP contribution in [-0.4, -0.2) is 52.1 Å². The van der Waals surface area contributed by atoms with E-state index in [0.717, 1.165) is 0 Å². The molecule has 4 N–H and O–H groups in total. The topological polar surface area (TPSA) is 123 Å². The first-order valence-corrected chi connectivity index (χ1v) is 6.98. The number of aromatic hydroxyl groups is 2. The summed E-state index contributed by atoms with van der Waals surface area (Å²) in [6.45, 7) is 1.05. The Morgan fingerprint density at radius 3 is 1.44 bits per heavy atom. The molecular formula is C17H18CrN2O5. The first-order valence-electron chi connectivity index (χ1n) is 6.98. The molecule has 0 aliphatic rings. The van der Waals surface area contributed by atoms with E-state index in [1.165, 1.54) is 0 Å². The molecule has 0 aliphatic carbocycles. The van der Waals surface area contributed by atoms with Crippen LogP contribution in [0.2, 0.25) is 0 Å². The third-order valence-electron chi connectivity index (χ3n) is 2.69. The van der Waals surface area contributed by atoms with Gasteiger partial charge in [-0.1, -0.05) is 24.3 Å². The third kappa shape index (κ3) is 9.81. The second-order valence-corrected chi connectivity index (χ2v) is 4.47. The summed E-state index contributed by atoms with van der Waals surface area (Å²) in [5, 5.41) is 33.0. The van der Waals surface area contributed by atoms with Crippen LogP contribution in [0.4, 0.5) is 4.79 Å². The van der Waals surface area contributed by atoms with Crippen LogP contribution in [0.3, 0.4) is 0 Å². The van der Waals surface area contributed by atoms with Crippen LogP contribution in [0.15, 0.2) is 58.5 Å². The fraction of sp³-hybridized carbons (Fsp3) is 0.118. The number of rotatable bonds is 5. The van der Waals surface area contributed by atoms with Crippen molar-refractivity contribution in [2.45, 2.75) is 0 Å². The summed E-state index contributed by atoms with van der Waals surface area (Å²) in [7, 11) is 0. The minimum Gasteiger partial charge on any atom is -0.507 e. The molecule has 0 radical (unpaired) electrons. The fourth-order valence-electron chi connectivity index (χ4n) is 1.63. The van der Waals surface area contributed by atoms with Gasteiger partial charge in [0.1, 0.15) is 11.5 Å². The molecule has 2 aromatic rings. The minimum atomic E-state index is -1.83. The fourth-order valence-corrected chi connectivity index (χ4v) is 1.63. The second-order valence-electron chi connectivity index (χ2n) is 4.47. The molecule has 0 aromatic heterocycles. The van der Waals surface area contributed by atoms with Crippen LogP contribution >= 0.6 is 0 Å². The average Bonchev–Trinajstić information content (AvgIpc) is 2.53. The Bertz CT molecular complexity index is 660. The number of nitrogens with zero attached hydrogens (tertiary/aromatic N) is 2. The van der Waals surface area contributed by atoms with Crippen molar-refractivity contribution in [2.75, 3.05) is 13.1 Å². The molecule has 0 saturated carbocycles. The van der Waals surface area contributed by atoms with Crippen LogP contribution in [-0.2, 0) is 17.4 Å². The number of para-hydroxylation sites is 2. The predicted octanol–water partition coefficient (Wildman–Crippen LogP) is 2.86. The van der Waals surface area contributed by atoms with Crippen molar-refractivity contribution in [2.24, 2.45) is 9.98 Å². The van der Waals surface area contributed by atoms with Crippen LogP contribution in [0.5, 0.6) is 11.5 Å². The molecule has 0 heterocycles. The Kier molecular flexibility index (Phi) is 11.2. The van der Waals surface area contributed by atoms with Gasteiger partial charge in [0, 0.05) is 40.9 Å². The molecule has 7 nitrogen and oxygen atoms in total. The van der Waals surface area contributed by atoms with Crippen LogP contribution in [0.25, 0.3) is 0 Å². The molecule has 2 rings (SSSR count). The van der Waals surface area contributed by atoms with Crippen molar-refractivity contribution in [3.05, 3.63) is 59.7 Å². The van der Waals surface area contributed by atoms with E-state index in [1.54, 1.807) is 48.8 Å². The Morgan fingerprint density at radius 1 is 0.800 bits per heavy atom. The number of benzene rings is 2. The molecule has 0 unspecified atom stereocenters. The maximum absolute atomic E-state index is 9.54. The first kappa shape index (κ1) is 22.2. The smallest absolute Gasteiger partial charge is 0.503 e. The zero-order valence-electron chi connectivity index (χ0n) is 13.2. The summed E-state index contributed by atoms with van der Waals surface area (Å²) in [5.74, 6) is 0.433. The summed E-state index contributed by atoms with van der Waals surface area (Å²) in [6.07, 6.45) is 1.43. The Balaban J connectivity index is 0.00000104. The monoisotopic (exact) mass is 382 g/mol. The Labute approximate surface area is 155 Å². The van der Waals surface area contributed by atoms with Crippen molar-refractivity contribution in [3.63, 3.8) is 0 Å². The van der Waals surface area contributed by atoms with E-state index in [1.807, 2.05) is 12.1 Å². The number of aliphatic imine (C=N–C) groups is 2. The Morgan fingerprint density at radius 2 is 1.12 bits per heavy atom. The number of phenolic OH excluding ortho intramolecular Hbond substituents is 2. The number of hydrogen-bond acceptors (Lipinski definition) is 5. The third-order valence-corrected chi connectivity index (χ3v) is 2.69. The van der Waals surface area contributed by atoms with E-state index >= 15 is 0 Å². The number of phenols is 2. The van der Waals surface area contributed by atoms with Crippen molar-refractivity contribution in [3.8, 4) is 11.5 Å². The molecule has 0 saturated heterocycles. The zero-order valence-corrected chi connectivity index (χ0v) is 14.5. The Hall–Kier alpha value is -2.82. The summed E-state index contributed by atoms with van der Waals surface area (Å²) >= 11 is 0. The van der Waals surface area contributed by atoms with Crippen molar-refractivity contribution >= 4 is 18.6 Å². The van der Waals surface area contributed by atoms with Gasteiger partial charge in [0.25, 0.3) is 0 Å². The molecule has 0 bridgehead atoms. The summed E-state index contributed by atoms with van der Waals surface area (Å²) in [6, 6.07) is 14.1. The van der Waals surface area contributed by atoms with Gasteiger partial charge >= 0.3 is 6.16 Å². The van der Waals surface area contributed by atoms with E-state index in [9.17, 15) is 10.2 Å². The van der Waals surface area contributed by atoms with E-state index in [0.29, 0.717) is 24.2 Å². The van der Waals surface area contributed by atoms with Crippen molar-refractivity contribution in [1.29, 1.82) is 0 Å². The molecule has 132 valence electrons. The second kappa shape index (κ2) is 12.6. The zero-order chi connectivity index (χ0) is 17.8. The molecule has 0 atom stereocenters. The normalized spacial score (nSPS) is 10.1. The quantitative estimate of drug-likeness (QED) is 0.468. The molecule has 0 fully saturated rings. The van der Waals surface area contributed by atoms with E-state index in [4.69, 9.17) is 15.0 Å². The van der Waals surface area contributed by atoms with Crippen LogP contribution < -0.4 is 0 Å². The standard InChI is InChI=1S/C16H16N2O2.CH2O3.Cr/c19-15-7-3-1-5-13(15)11-17-9-10-18-12-14-6-2-4-8-16(14)20;2-1(3)4;/h1-8,11-12,19-20H,9-10H2;(H2,2,3,4);/b17-11+,18-12+;;. The van der Waals surface area contributed by atoms with Gasteiger partial charge in [0.05, 0.1) is 13.1 Å². The maximum Gasteiger partial charge on any atom is 0.503 e. The molecular weight excluding hydrogens is 364 g/mol. The maximum atomic E-state index is 9.54. The van der Waals surface area contributed by atoms with Crippen molar-refractivity contribution < 1.29 is 42.6 Å². The van der Waals surface area contributed by atoms with Gasteiger partial charge in [-0.3, -0.25) is 9.98 Å². The summed E-state index contributed by atoms with van der Waals surface area (Å²) < 4.78 is 0. The first-order chi connectivity index (χ1) is 11.5. The van der Waals surface area contributed by atoms with Gasteiger partial charge in [-0.2, -0.15) is 0 Å². The molecule has 25 heavy (non-hydrogen) atoms.